The SMILES string of the molecule is CC1=CC(=NS)C(N)C=C1. The Balaban J connectivity index is 2.88. The smallest absolute Gasteiger partial charge is 0.0693 e. The summed E-state index contributed by atoms with van der Waals surface area (Å²) in [4.78, 5) is 0. The summed E-state index contributed by atoms with van der Waals surface area (Å²) in [5.74, 6) is 0. The van der Waals surface area contributed by atoms with Gasteiger partial charge in [0.25, 0.3) is 0 Å². The van der Waals surface area contributed by atoms with Gasteiger partial charge in [-0.25, -0.2) is 4.40 Å². The van der Waals surface area contributed by atoms with E-state index in [1.165, 1.54) is 0 Å². The monoisotopic (exact) mass is 154 g/mol. The third-order valence-corrected chi connectivity index (χ3v) is 1.63. The number of nitrogens with two attached hydrogens (primary N) is 1. The molecule has 1 rings (SSSR count). The lowest BCUT2D eigenvalue weighted by Gasteiger charge is -2.10. The van der Waals surface area contributed by atoms with Crippen LogP contribution in [0.15, 0.2) is 28.2 Å². The van der Waals surface area contributed by atoms with E-state index in [-0.39, 0.29) is 6.04 Å². The molecule has 2 N–H and O–H groups in total. The molecule has 0 spiro atoms. The molecule has 1 aliphatic rings. The Hall–Kier alpha value is -0.540. The first kappa shape index (κ1) is 7.57. The maximum atomic E-state index is 5.64. The summed E-state index contributed by atoms with van der Waals surface area (Å²) in [6.45, 7) is 2.00. The van der Waals surface area contributed by atoms with Gasteiger partial charge in [-0.15, -0.1) is 0 Å². The molecule has 1 atom stereocenters. The van der Waals surface area contributed by atoms with E-state index in [2.05, 4.69) is 17.2 Å². The van der Waals surface area contributed by atoms with E-state index in [0.29, 0.717) is 0 Å². The molecule has 1 unspecified atom stereocenters. The van der Waals surface area contributed by atoms with Crippen LogP contribution in [0.2, 0.25) is 0 Å². The third kappa shape index (κ3) is 1.49. The van der Waals surface area contributed by atoms with Crippen LogP contribution in [0.4, 0.5) is 0 Å². The van der Waals surface area contributed by atoms with Gasteiger partial charge in [-0.05, 0) is 31.4 Å². The average Bonchev–Trinajstić information content (AvgIpc) is 1.94. The van der Waals surface area contributed by atoms with E-state index in [1.54, 1.807) is 0 Å². The van der Waals surface area contributed by atoms with E-state index in [1.807, 2.05) is 25.2 Å². The molecule has 0 heterocycles. The van der Waals surface area contributed by atoms with Crippen molar-refractivity contribution in [2.75, 3.05) is 0 Å². The highest BCUT2D eigenvalue weighted by atomic mass is 32.1. The molecule has 1 aliphatic carbocycles. The van der Waals surface area contributed by atoms with Gasteiger partial charge >= 0.3 is 0 Å². The molecule has 0 aliphatic heterocycles. The third-order valence-electron chi connectivity index (χ3n) is 1.40. The minimum absolute atomic E-state index is 0.0822. The van der Waals surface area contributed by atoms with Gasteiger partial charge in [0.1, 0.15) is 0 Å². The van der Waals surface area contributed by atoms with Gasteiger partial charge in [0.2, 0.25) is 0 Å². The Morgan fingerprint density at radius 3 is 2.90 bits per heavy atom. The zero-order valence-corrected chi connectivity index (χ0v) is 6.68. The lowest BCUT2D eigenvalue weighted by molar-refractivity contribution is 1.07. The standard InChI is InChI=1S/C7H10N2S/c1-5-2-3-6(8)7(4-5)9-10/h2-4,6,10H,8H2,1H3. The summed E-state index contributed by atoms with van der Waals surface area (Å²) in [6, 6.07) is -0.0822. The van der Waals surface area contributed by atoms with Crippen molar-refractivity contribution in [2.45, 2.75) is 13.0 Å². The van der Waals surface area contributed by atoms with E-state index < -0.39 is 0 Å². The van der Waals surface area contributed by atoms with Crippen LogP contribution in [-0.2, 0) is 0 Å². The van der Waals surface area contributed by atoms with Crippen molar-refractivity contribution in [1.82, 2.24) is 0 Å². The molecule has 54 valence electrons. The maximum Gasteiger partial charge on any atom is 0.0693 e. The van der Waals surface area contributed by atoms with Gasteiger partial charge in [-0.3, -0.25) is 0 Å². The molecular formula is C7H10N2S. The van der Waals surface area contributed by atoms with E-state index in [4.69, 9.17) is 5.73 Å². The quantitative estimate of drug-likeness (QED) is 0.504. The van der Waals surface area contributed by atoms with Crippen LogP contribution < -0.4 is 5.73 Å². The minimum Gasteiger partial charge on any atom is -0.319 e. The van der Waals surface area contributed by atoms with Gasteiger partial charge in [0.15, 0.2) is 0 Å². The first-order chi connectivity index (χ1) is 4.74. The number of hydrogen-bond donors (Lipinski definition) is 2. The lowest BCUT2D eigenvalue weighted by atomic mass is 10.0. The van der Waals surface area contributed by atoms with Crippen LogP contribution in [0.25, 0.3) is 0 Å². The molecule has 3 heteroatoms. The predicted octanol–water partition coefficient (Wildman–Crippen LogP) is 1.12. The van der Waals surface area contributed by atoms with Crippen molar-refractivity contribution < 1.29 is 0 Å². The fourth-order valence-corrected chi connectivity index (χ4v) is 1.02. The summed E-state index contributed by atoms with van der Waals surface area (Å²) in [5, 5.41) is 0. The van der Waals surface area contributed by atoms with Crippen molar-refractivity contribution in [3.8, 4) is 0 Å². The number of hydrogen-bond acceptors (Lipinski definition) is 3. The Kier molecular flexibility index (Phi) is 2.29. The fourth-order valence-electron chi connectivity index (χ4n) is 0.827. The second-order valence-corrected chi connectivity index (χ2v) is 2.50. The second kappa shape index (κ2) is 3.03. The molecule has 0 saturated heterocycles. The summed E-state index contributed by atoms with van der Waals surface area (Å²) >= 11 is 3.79. The van der Waals surface area contributed by atoms with Gasteiger partial charge in [-0.2, -0.15) is 0 Å². The van der Waals surface area contributed by atoms with Gasteiger partial charge in [-0.1, -0.05) is 12.2 Å². The molecule has 0 saturated carbocycles. The van der Waals surface area contributed by atoms with Crippen molar-refractivity contribution in [3.63, 3.8) is 0 Å². The molecule has 0 radical (unpaired) electrons. The average molecular weight is 154 g/mol. The maximum absolute atomic E-state index is 5.64. The molecular weight excluding hydrogens is 144 g/mol. The van der Waals surface area contributed by atoms with E-state index >= 15 is 0 Å². The van der Waals surface area contributed by atoms with E-state index in [9.17, 15) is 0 Å². The Morgan fingerprint density at radius 2 is 2.40 bits per heavy atom. The number of allylic oxidation sites excluding steroid dienone is 2. The first-order valence-corrected chi connectivity index (χ1v) is 3.48. The number of nitrogens with zero attached hydrogens (tertiary/aromatic N) is 1. The highest BCUT2D eigenvalue weighted by Gasteiger charge is 2.07. The molecule has 10 heavy (non-hydrogen) atoms. The first-order valence-electron chi connectivity index (χ1n) is 3.08. The second-order valence-electron chi connectivity index (χ2n) is 2.30. The van der Waals surface area contributed by atoms with Crippen LogP contribution >= 0.6 is 12.8 Å². The summed E-state index contributed by atoms with van der Waals surface area (Å²) < 4.78 is 3.74. The van der Waals surface area contributed by atoms with Gasteiger partial charge < -0.3 is 5.73 Å². The van der Waals surface area contributed by atoms with Crippen LogP contribution in [0, 0.1) is 0 Å². The fraction of sp³-hybridized carbons (Fsp3) is 0.286. The zero-order valence-electron chi connectivity index (χ0n) is 5.78. The Bertz CT molecular complexity index is 216. The topological polar surface area (TPSA) is 38.4 Å². The van der Waals surface area contributed by atoms with Gasteiger partial charge in [0, 0.05) is 0 Å². The molecule has 0 bridgehead atoms. The molecule has 0 aromatic carbocycles. The largest absolute Gasteiger partial charge is 0.319 e. The summed E-state index contributed by atoms with van der Waals surface area (Å²) in [7, 11) is 0. The van der Waals surface area contributed by atoms with Crippen LogP contribution in [0.1, 0.15) is 6.92 Å². The normalized spacial score (nSPS) is 28.9. The highest BCUT2D eigenvalue weighted by Crippen LogP contribution is 2.06. The molecule has 0 aromatic rings. The number of rotatable bonds is 0. The van der Waals surface area contributed by atoms with E-state index in [0.717, 1.165) is 11.3 Å². The van der Waals surface area contributed by atoms with Crippen molar-refractivity contribution in [3.05, 3.63) is 23.8 Å². The predicted molar refractivity (Wildman–Crippen MR) is 47.3 cm³/mol. The Labute approximate surface area is 66.1 Å². The van der Waals surface area contributed by atoms with Crippen molar-refractivity contribution in [2.24, 2.45) is 10.1 Å². The zero-order chi connectivity index (χ0) is 7.56. The highest BCUT2D eigenvalue weighted by molar-refractivity contribution is 7.79. The molecule has 0 amide bonds. The van der Waals surface area contributed by atoms with Crippen LogP contribution in [-0.4, -0.2) is 11.8 Å². The molecule has 2 nitrogen and oxygen atoms in total. The molecule has 0 aromatic heterocycles. The lowest BCUT2D eigenvalue weighted by Crippen LogP contribution is -2.28. The van der Waals surface area contributed by atoms with Crippen molar-refractivity contribution in [1.29, 1.82) is 0 Å². The van der Waals surface area contributed by atoms with Gasteiger partial charge in [0.05, 0.1) is 11.8 Å². The van der Waals surface area contributed by atoms with Crippen LogP contribution in [0.5, 0.6) is 0 Å². The molecule has 0 fully saturated rings. The van der Waals surface area contributed by atoms with Crippen LogP contribution in [0.3, 0.4) is 0 Å². The minimum atomic E-state index is -0.0822. The summed E-state index contributed by atoms with van der Waals surface area (Å²) in [5.41, 5.74) is 7.62. The number of thiol groups is 1. The summed E-state index contributed by atoms with van der Waals surface area (Å²) in [6.07, 6.45) is 5.81. The Morgan fingerprint density at radius 1 is 1.70 bits per heavy atom. The van der Waals surface area contributed by atoms with Crippen molar-refractivity contribution >= 4 is 18.5 Å².